The average molecular weight is 258 g/mol. The molecule has 2 aromatic rings. The van der Waals surface area contributed by atoms with E-state index in [1.807, 2.05) is 24.3 Å². The Hall–Kier alpha value is -2.30. The number of fused-ring (bicyclic) bond motifs is 3. The van der Waals surface area contributed by atoms with Crippen LogP contribution in [0.3, 0.4) is 0 Å². The Morgan fingerprint density at radius 2 is 2.26 bits per heavy atom. The molecule has 5 heteroatoms. The van der Waals surface area contributed by atoms with Crippen LogP contribution >= 0.6 is 0 Å². The highest BCUT2D eigenvalue weighted by molar-refractivity contribution is 5.92. The standard InChI is InChI=1S/C14H14N2O3/c1-19-14(18)10-6-16(8-17)7-12-13(10)9-4-2-3-5-11(9)15-12/h2-5,8,10,15H,6-7H2,1H3. The van der Waals surface area contributed by atoms with Crippen molar-refractivity contribution in [2.24, 2.45) is 0 Å². The quantitative estimate of drug-likeness (QED) is 0.654. The first-order valence-electron chi connectivity index (χ1n) is 6.11. The number of ether oxygens (including phenoxy) is 1. The van der Waals surface area contributed by atoms with Crippen molar-refractivity contribution in [3.05, 3.63) is 35.5 Å². The molecule has 1 aromatic carbocycles. The Kier molecular flexibility index (Phi) is 2.74. The molecule has 1 unspecified atom stereocenters. The summed E-state index contributed by atoms with van der Waals surface area (Å²) in [5.41, 5.74) is 2.85. The second-order valence-electron chi connectivity index (χ2n) is 4.67. The van der Waals surface area contributed by atoms with Crippen LogP contribution in [0.4, 0.5) is 0 Å². The highest BCUT2D eigenvalue weighted by Crippen LogP contribution is 2.34. The van der Waals surface area contributed by atoms with E-state index in [-0.39, 0.29) is 5.97 Å². The summed E-state index contributed by atoms with van der Waals surface area (Å²) in [6.07, 6.45) is 0.768. The second-order valence-corrected chi connectivity index (χ2v) is 4.67. The van der Waals surface area contributed by atoms with Crippen molar-refractivity contribution in [1.82, 2.24) is 9.88 Å². The van der Waals surface area contributed by atoms with Gasteiger partial charge in [-0.25, -0.2) is 0 Å². The number of carbonyl (C=O) groups is 2. The van der Waals surface area contributed by atoms with E-state index in [4.69, 9.17) is 4.74 Å². The lowest BCUT2D eigenvalue weighted by Gasteiger charge is -2.28. The fourth-order valence-corrected chi connectivity index (χ4v) is 2.75. The number of para-hydroxylation sites is 1. The lowest BCUT2D eigenvalue weighted by Crippen LogP contribution is -2.36. The van der Waals surface area contributed by atoms with Gasteiger partial charge in [-0.3, -0.25) is 9.59 Å². The maximum absolute atomic E-state index is 12.0. The fourth-order valence-electron chi connectivity index (χ4n) is 2.75. The number of rotatable bonds is 2. The molecule has 19 heavy (non-hydrogen) atoms. The Balaban J connectivity index is 2.19. The second kappa shape index (κ2) is 4.42. The topological polar surface area (TPSA) is 62.4 Å². The van der Waals surface area contributed by atoms with Crippen molar-refractivity contribution in [2.75, 3.05) is 13.7 Å². The third-order valence-corrected chi connectivity index (χ3v) is 3.59. The van der Waals surface area contributed by atoms with Crippen LogP contribution in [0, 0.1) is 0 Å². The van der Waals surface area contributed by atoms with E-state index in [0.29, 0.717) is 13.1 Å². The summed E-state index contributed by atoms with van der Waals surface area (Å²) < 4.78 is 4.86. The molecular weight excluding hydrogens is 244 g/mol. The molecule has 3 rings (SSSR count). The van der Waals surface area contributed by atoms with E-state index in [2.05, 4.69) is 4.98 Å². The average Bonchev–Trinajstić information content (AvgIpc) is 2.83. The highest BCUT2D eigenvalue weighted by Gasteiger charge is 2.33. The van der Waals surface area contributed by atoms with E-state index >= 15 is 0 Å². The Labute approximate surface area is 110 Å². The maximum Gasteiger partial charge on any atom is 0.315 e. The molecule has 98 valence electrons. The van der Waals surface area contributed by atoms with Crippen LogP contribution in [0.15, 0.2) is 24.3 Å². The molecule has 2 heterocycles. The van der Waals surface area contributed by atoms with Crippen LogP contribution in [0.25, 0.3) is 10.9 Å². The molecule has 1 atom stereocenters. The summed E-state index contributed by atoms with van der Waals surface area (Å²) in [7, 11) is 1.37. The van der Waals surface area contributed by atoms with Gasteiger partial charge in [0.1, 0.15) is 5.92 Å². The van der Waals surface area contributed by atoms with E-state index < -0.39 is 5.92 Å². The maximum atomic E-state index is 12.0. The van der Waals surface area contributed by atoms with Crippen molar-refractivity contribution in [3.63, 3.8) is 0 Å². The van der Waals surface area contributed by atoms with Crippen LogP contribution < -0.4 is 0 Å². The first kappa shape index (κ1) is 11.8. The van der Waals surface area contributed by atoms with Gasteiger partial charge in [-0.05, 0) is 11.6 Å². The number of aromatic nitrogens is 1. The summed E-state index contributed by atoms with van der Waals surface area (Å²) in [5.74, 6) is -0.729. The van der Waals surface area contributed by atoms with Crippen LogP contribution in [0.5, 0.6) is 0 Å². The van der Waals surface area contributed by atoms with Crippen LogP contribution in [0.1, 0.15) is 17.2 Å². The van der Waals surface area contributed by atoms with Crippen LogP contribution in [0.2, 0.25) is 0 Å². The smallest absolute Gasteiger partial charge is 0.315 e. The first-order valence-corrected chi connectivity index (χ1v) is 6.11. The number of hydrogen-bond acceptors (Lipinski definition) is 3. The lowest BCUT2D eigenvalue weighted by molar-refractivity contribution is -0.143. The van der Waals surface area contributed by atoms with Gasteiger partial charge in [0.05, 0.1) is 13.7 Å². The summed E-state index contributed by atoms with van der Waals surface area (Å²) in [4.78, 5) is 27.8. The largest absolute Gasteiger partial charge is 0.468 e. The minimum Gasteiger partial charge on any atom is -0.468 e. The molecule has 1 N–H and O–H groups in total. The van der Waals surface area contributed by atoms with Gasteiger partial charge in [0, 0.05) is 23.1 Å². The minimum atomic E-state index is -0.421. The number of nitrogens with one attached hydrogen (secondary N) is 1. The molecule has 0 aliphatic carbocycles. The zero-order valence-corrected chi connectivity index (χ0v) is 10.6. The Morgan fingerprint density at radius 3 is 3.00 bits per heavy atom. The minimum absolute atomic E-state index is 0.308. The summed E-state index contributed by atoms with van der Waals surface area (Å²) in [5, 5.41) is 1.03. The lowest BCUT2D eigenvalue weighted by atomic mass is 9.92. The SMILES string of the molecule is COC(=O)C1CN(C=O)Cc2[nH]c3ccccc3c21. The molecule has 0 saturated heterocycles. The predicted octanol–water partition coefficient (Wildman–Crippen LogP) is 1.40. The first-order chi connectivity index (χ1) is 9.24. The van der Waals surface area contributed by atoms with Gasteiger partial charge >= 0.3 is 5.97 Å². The zero-order valence-electron chi connectivity index (χ0n) is 10.6. The number of nitrogens with zero attached hydrogens (tertiary/aromatic N) is 1. The van der Waals surface area contributed by atoms with Crippen molar-refractivity contribution in [1.29, 1.82) is 0 Å². The number of aromatic amines is 1. The Bertz CT molecular complexity index is 647. The van der Waals surface area contributed by atoms with E-state index in [9.17, 15) is 9.59 Å². The molecular formula is C14H14N2O3. The molecule has 5 nitrogen and oxygen atoms in total. The van der Waals surface area contributed by atoms with Crippen molar-refractivity contribution in [2.45, 2.75) is 12.5 Å². The monoisotopic (exact) mass is 258 g/mol. The van der Waals surface area contributed by atoms with Crippen molar-refractivity contribution >= 4 is 23.3 Å². The van der Waals surface area contributed by atoms with Crippen molar-refractivity contribution in [3.8, 4) is 0 Å². The number of benzene rings is 1. The van der Waals surface area contributed by atoms with E-state index in [0.717, 1.165) is 28.6 Å². The summed E-state index contributed by atoms with van der Waals surface area (Å²) in [6.45, 7) is 0.867. The van der Waals surface area contributed by atoms with E-state index in [1.165, 1.54) is 7.11 Å². The third-order valence-electron chi connectivity index (χ3n) is 3.59. The number of amides is 1. The van der Waals surface area contributed by atoms with Crippen LogP contribution in [-0.4, -0.2) is 35.9 Å². The van der Waals surface area contributed by atoms with Gasteiger partial charge in [-0.2, -0.15) is 0 Å². The number of methoxy groups -OCH3 is 1. The van der Waals surface area contributed by atoms with Gasteiger partial charge in [-0.1, -0.05) is 18.2 Å². The summed E-state index contributed by atoms with van der Waals surface area (Å²) in [6, 6.07) is 7.83. The molecule has 0 bridgehead atoms. The van der Waals surface area contributed by atoms with Gasteiger partial charge in [-0.15, -0.1) is 0 Å². The summed E-state index contributed by atoms with van der Waals surface area (Å²) >= 11 is 0. The van der Waals surface area contributed by atoms with Crippen molar-refractivity contribution < 1.29 is 14.3 Å². The molecule has 1 aromatic heterocycles. The number of H-pyrrole nitrogens is 1. The molecule has 1 aliphatic heterocycles. The molecule has 0 spiro atoms. The molecule has 0 saturated carbocycles. The van der Waals surface area contributed by atoms with Gasteiger partial charge < -0.3 is 14.6 Å². The molecule has 0 radical (unpaired) electrons. The zero-order chi connectivity index (χ0) is 13.4. The molecule has 1 aliphatic rings. The van der Waals surface area contributed by atoms with E-state index in [1.54, 1.807) is 4.90 Å². The fraction of sp³-hybridized carbons (Fsp3) is 0.286. The highest BCUT2D eigenvalue weighted by atomic mass is 16.5. The van der Waals surface area contributed by atoms with Crippen LogP contribution in [-0.2, 0) is 20.9 Å². The molecule has 1 amide bonds. The van der Waals surface area contributed by atoms with Gasteiger partial charge in [0.15, 0.2) is 0 Å². The number of hydrogen-bond donors (Lipinski definition) is 1. The normalized spacial score (nSPS) is 18.2. The number of esters is 1. The van der Waals surface area contributed by atoms with Gasteiger partial charge in [0.25, 0.3) is 0 Å². The molecule has 0 fully saturated rings. The third kappa shape index (κ3) is 1.78. The predicted molar refractivity (Wildman–Crippen MR) is 69.5 cm³/mol. The number of carbonyl (C=O) groups excluding carboxylic acids is 2. The Morgan fingerprint density at radius 1 is 1.47 bits per heavy atom. The van der Waals surface area contributed by atoms with Gasteiger partial charge in [0.2, 0.25) is 6.41 Å².